The van der Waals surface area contributed by atoms with Gasteiger partial charge in [-0.25, -0.2) is 10.8 Å². The fraction of sp³-hybridized carbons (Fsp3) is 0.571. The molecule has 104 valence electrons. The third-order valence-electron chi connectivity index (χ3n) is 4.21. The Morgan fingerprint density at radius 1 is 1.47 bits per heavy atom. The van der Waals surface area contributed by atoms with Crippen molar-refractivity contribution in [3.8, 4) is 0 Å². The summed E-state index contributed by atoms with van der Waals surface area (Å²) < 4.78 is 0. The van der Waals surface area contributed by atoms with Crippen LogP contribution in [-0.4, -0.2) is 17.4 Å². The molecule has 0 aliphatic heterocycles. The van der Waals surface area contributed by atoms with Crippen molar-refractivity contribution in [1.29, 1.82) is 0 Å². The van der Waals surface area contributed by atoms with Crippen molar-refractivity contribution in [1.82, 2.24) is 10.3 Å². The van der Waals surface area contributed by atoms with Crippen LogP contribution in [0.4, 0.5) is 5.82 Å². The Hall–Kier alpha value is -1.62. The molecule has 0 bridgehead atoms. The van der Waals surface area contributed by atoms with Gasteiger partial charge in [0.05, 0.1) is 0 Å². The lowest BCUT2D eigenvalue weighted by Crippen LogP contribution is -2.35. The monoisotopic (exact) mass is 262 g/mol. The standard InChI is InChI=1S/C14H22N4O/c1-2-14(6-3-4-7-14)10-17-13(19)11-5-8-16-12(9-11)18-15/h5,8-9H,2-4,6-7,10,15H2,1H3,(H,16,18)(H,17,19). The fourth-order valence-electron chi connectivity index (χ4n) is 2.80. The van der Waals surface area contributed by atoms with Gasteiger partial charge in [0.2, 0.25) is 0 Å². The number of aromatic nitrogens is 1. The normalized spacial score (nSPS) is 17.2. The molecule has 19 heavy (non-hydrogen) atoms. The van der Waals surface area contributed by atoms with E-state index >= 15 is 0 Å². The van der Waals surface area contributed by atoms with E-state index in [0.717, 1.165) is 13.0 Å². The number of amides is 1. The zero-order valence-electron chi connectivity index (χ0n) is 11.4. The Labute approximate surface area is 114 Å². The Morgan fingerprint density at radius 3 is 2.84 bits per heavy atom. The molecule has 0 spiro atoms. The number of carbonyl (C=O) groups excluding carboxylic acids is 1. The summed E-state index contributed by atoms with van der Waals surface area (Å²) in [5.41, 5.74) is 3.34. The predicted molar refractivity (Wildman–Crippen MR) is 75.6 cm³/mol. The number of nitrogen functional groups attached to an aromatic ring is 1. The molecule has 1 fully saturated rings. The van der Waals surface area contributed by atoms with Crippen molar-refractivity contribution < 1.29 is 4.79 Å². The van der Waals surface area contributed by atoms with Gasteiger partial charge >= 0.3 is 0 Å². The highest BCUT2D eigenvalue weighted by Crippen LogP contribution is 2.40. The minimum atomic E-state index is -0.0568. The van der Waals surface area contributed by atoms with Crippen molar-refractivity contribution in [3.63, 3.8) is 0 Å². The third-order valence-corrected chi connectivity index (χ3v) is 4.21. The van der Waals surface area contributed by atoms with Crippen molar-refractivity contribution in [2.75, 3.05) is 12.0 Å². The molecule has 0 aromatic carbocycles. The number of hydrazine groups is 1. The fourth-order valence-corrected chi connectivity index (χ4v) is 2.80. The molecule has 4 N–H and O–H groups in total. The molecule has 1 aliphatic rings. The first kappa shape index (κ1) is 13.8. The van der Waals surface area contributed by atoms with Crippen molar-refractivity contribution >= 4 is 11.7 Å². The van der Waals surface area contributed by atoms with Crippen LogP contribution in [0.25, 0.3) is 0 Å². The van der Waals surface area contributed by atoms with E-state index in [4.69, 9.17) is 5.84 Å². The minimum absolute atomic E-state index is 0.0568. The number of nitrogens with one attached hydrogen (secondary N) is 2. The maximum Gasteiger partial charge on any atom is 0.251 e. The lowest BCUT2D eigenvalue weighted by molar-refractivity contribution is 0.0928. The molecule has 0 saturated heterocycles. The molecule has 1 saturated carbocycles. The maximum absolute atomic E-state index is 12.1. The molecule has 1 aromatic rings. The second-order valence-corrected chi connectivity index (χ2v) is 5.32. The average Bonchev–Trinajstić information content (AvgIpc) is 2.94. The molecule has 5 heteroatoms. The van der Waals surface area contributed by atoms with Crippen molar-refractivity contribution in [2.24, 2.45) is 11.3 Å². The first-order valence-electron chi connectivity index (χ1n) is 6.90. The predicted octanol–water partition coefficient (Wildman–Crippen LogP) is 2.07. The van der Waals surface area contributed by atoms with E-state index in [2.05, 4.69) is 22.7 Å². The number of hydrogen-bond donors (Lipinski definition) is 3. The van der Waals surface area contributed by atoms with Crippen LogP contribution in [0.5, 0.6) is 0 Å². The maximum atomic E-state index is 12.1. The summed E-state index contributed by atoms with van der Waals surface area (Å²) in [6.45, 7) is 2.97. The van der Waals surface area contributed by atoms with Crippen LogP contribution >= 0.6 is 0 Å². The molecule has 0 atom stereocenters. The smallest absolute Gasteiger partial charge is 0.251 e. The van der Waals surface area contributed by atoms with Gasteiger partial charge in [0, 0.05) is 18.3 Å². The zero-order chi connectivity index (χ0) is 13.7. The van der Waals surface area contributed by atoms with E-state index in [0.29, 0.717) is 16.8 Å². The number of pyridine rings is 1. The summed E-state index contributed by atoms with van der Waals surface area (Å²) in [5.74, 6) is 5.73. The minimum Gasteiger partial charge on any atom is -0.351 e. The van der Waals surface area contributed by atoms with Gasteiger partial charge in [0.1, 0.15) is 5.82 Å². The van der Waals surface area contributed by atoms with Crippen LogP contribution in [0.3, 0.4) is 0 Å². The molecular formula is C14H22N4O. The topological polar surface area (TPSA) is 80.0 Å². The van der Waals surface area contributed by atoms with Crippen LogP contribution < -0.4 is 16.6 Å². The lowest BCUT2D eigenvalue weighted by Gasteiger charge is -2.27. The number of anilines is 1. The molecule has 0 unspecified atom stereocenters. The lowest BCUT2D eigenvalue weighted by atomic mass is 9.83. The highest BCUT2D eigenvalue weighted by Gasteiger charge is 2.32. The molecule has 1 aliphatic carbocycles. The van der Waals surface area contributed by atoms with Gasteiger partial charge in [-0.2, -0.15) is 0 Å². The van der Waals surface area contributed by atoms with Crippen LogP contribution in [0.1, 0.15) is 49.4 Å². The quantitative estimate of drug-likeness (QED) is 0.560. The zero-order valence-corrected chi connectivity index (χ0v) is 11.4. The molecule has 1 heterocycles. The van der Waals surface area contributed by atoms with Gasteiger partial charge in [-0.3, -0.25) is 4.79 Å². The Bertz CT molecular complexity index is 441. The van der Waals surface area contributed by atoms with Crippen LogP contribution in [0.15, 0.2) is 18.3 Å². The van der Waals surface area contributed by atoms with Gasteiger partial charge < -0.3 is 10.7 Å². The molecular weight excluding hydrogens is 240 g/mol. The number of rotatable bonds is 5. The SMILES string of the molecule is CCC1(CNC(=O)c2ccnc(NN)c2)CCCC1. The Balaban J connectivity index is 1.97. The Morgan fingerprint density at radius 2 is 2.21 bits per heavy atom. The van der Waals surface area contributed by atoms with Gasteiger partial charge in [-0.05, 0) is 36.8 Å². The van der Waals surface area contributed by atoms with E-state index in [9.17, 15) is 4.79 Å². The summed E-state index contributed by atoms with van der Waals surface area (Å²) in [5, 5.41) is 3.05. The van der Waals surface area contributed by atoms with E-state index in [1.54, 1.807) is 18.3 Å². The average molecular weight is 262 g/mol. The summed E-state index contributed by atoms with van der Waals surface area (Å²) in [6, 6.07) is 3.35. The van der Waals surface area contributed by atoms with Gasteiger partial charge in [0.15, 0.2) is 0 Å². The molecule has 5 nitrogen and oxygen atoms in total. The largest absolute Gasteiger partial charge is 0.351 e. The van der Waals surface area contributed by atoms with Gasteiger partial charge in [-0.1, -0.05) is 19.8 Å². The first-order valence-corrected chi connectivity index (χ1v) is 6.90. The highest BCUT2D eigenvalue weighted by molar-refractivity contribution is 5.94. The number of hydrogen-bond acceptors (Lipinski definition) is 4. The van der Waals surface area contributed by atoms with E-state index in [1.807, 2.05) is 0 Å². The summed E-state index contributed by atoms with van der Waals surface area (Å²) in [6.07, 6.45) is 7.69. The molecule has 1 aromatic heterocycles. The molecule has 0 radical (unpaired) electrons. The van der Waals surface area contributed by atoms with Crippen LogP contribution in [0.2, 0.25) is 0 Å². The highest BCUT2D eigenvalue weighted by atomic mass is 16.1. The van der Waals surface area contributed by atoms with Crippen LogP contribution in [-0.2, 0) is 0 Å². The van der Waals surface area contributed by atoms with Crippen molar-refractivity contribution in [2.45, 2.75) is 39.0 Å². The number of nitrogens with two attached hydrogens (primary N) is 1. The number of carbonyl (C=O) groups is 1. The van der Waals surface area contributed by atoms with E-state index in [-0.39, 0.29) is 5.91 Å². The van der Waals surface area contributed by atoms with Gasteiger partial charge in [-0.15, -0.1) is 0 Å². The third kappa shape index (κ3) is 3.23. The summed E-state index contributed by atoms with van der Waals surface area (Å²) in [7, 11) is 0. The Kier molecular flexibility index (Phi) is 4.37. The molecule has 1 amide bonds. The first-order chi connectivity index (χ1) is 9.19. The van der Waals surface area contributed by atoms with Crippen molar-refractivity contribution in [3.05, 3.63) is 23.9 Å². The summed E-state index contributed by atoms with van der Waals surface area (Å²) in [4.78, 5) is 16.1. The summed E-state index contributed by atoms with van der Waals surface area (Å²) >= 11 is 0. The van der Waals surface area contributed by atoms with Crippen LogP contribution in [0, 0.1) is 5.41 Å². The van der Waals surface area contributed by atoms with E-state index in [1.165, 1.54) is 25.7 Å². The second-order valence-electron chi connectivity index (χ2n) is 5.32. The second kappa shape index (κ2) is 6.02. The molecule has 2 rings (SSSR count). The van der Waals surface area contributed by atoms with Gasteiger partial charge in [0.25, 0.3) is 5.91 Å². The van der Waals surface area contributed by atoms with E-state index < -0.39 is 0 Å². The number of nitrogens with zero attached hydrogens (tertiary/aromatic N) is 1.